The summed E-state index contributed by atoms with van der Waals surface area (Å²) in [7, 11) is -7.05. The molecule has 4 N–H and O–H groups in total. The lowest BCUT2D eigenvalue weighted by molar-refractivity contribution is 0.460. The average molecular weight is 308 g/mol. The van der Waals surface area contributed by atoms with Crippen LogP contribution in [-0.4, -0.2) is 44.1 Å². The Hall–Kier alpha value is -0.970. The fourth-order valence-corrected chi connectivity index (χ4v) is 5.91. The summed E-state index contributed by atoms with van der Waals surface area (Å²) in [5, 5.41) is 5.91. The second-order valence-corrected chi connectivity index (χ2v) is 8.74. The minimum atomic E-state index is -3.86. The molecule has 0 amide bonds. The Balaban J connectivity index is 2.28. The molecular formula is C9H16N4O4S2. The average Bonchev–Trinajstić information content (AvgIpc) is 2.82. The van der Waals surface area contributed by atoms with E-state index in [-0.39, 0.29) is 29.5 Å². The van der Waals surface area contributed by atoms with Crippen LogP contribution in [0, 0.1) is 0 Å². The summed E-state index contributed by atoms with van der Waals surface area (Å²) >= 11 is 0. The van der Waals surface area contributed by atoms with Gasteiger partial charge in [-0.25, -0.2) is 21.6 Å². The van der Waals surface area contributed by atoms with Crippen LogP contribution in [0.15, 0.2) is 11.2 Å². The Morgan fingerprint density at radius 2 is 2.26 bits per heavy atom. The van der Waals surface area contributed by atoms with E-state index in [1.165, 1.54) is 6.20 Å². The Morgan fingerprint density at radius 1 is 1.58 bits per heavy atom. The smallest absolute Gasteiger partial charge is 0.258 e. The molecular weight excluding hydrogens is 292 g/mol. The first-order valence-electron chi connectivity index (χ1n) is 5.64. The number of aromatic nitrogens is 2. The maximum atomic E-state index is 12.2. The highest BCUT2D eigenvalue weighted by atomic mass is 32.2. The van der Waals surface area contributed by atoms with Crippen LogP contribution in [0.5, 0.6) is 0 Å². The number of aromatic amines is 1. The standard InChI is InChI=1S/C9H16N4O4S2/c1-9(2-3-18(14,15)6-9)13-19(16,17)8-7(4-10)5-11-12-8/h5,13H,2-4,6,10H2,1H3,(H,11,12). The van der Waals surface area contributed by atoms with Crippen LogP contribution < -0.4 is 10.5 Å². The summed E-state index contributed by atoms with van der Waals surface area (Å²) in [6.07, 6.45) is 1.59. The van der Waals surface area contributed by atoms with Gasteiger partial charge in [0, 0.05) is 17.6 Å². The Morgan fingerprint density at radius 3 is 2.79 bits per heavy atom. The number of H-pyrrole nitrogens is 1. The second kappa shape index (κ2) is 4.54. The van der Waals surface area contributed by atoms with Gasteiger partial charge in [-0.1, -0.05) is 0 Å². The lowest BCUT2D eigenvalue weighted by Crippen LogP contribution is -2.47. The zero-order chi connectivity index (χ0) is 14.3. The van der Waals surface area contributed by atoms with E-state index in [1.54, 1.807) is 6.92 Å². The molecule has 1 aromatic rings. The molecule has 0 aliphatic carbocycles. The van der Waals surface area contributed by atoms with Gasteiger partial charge in [0.15, 0.2) is 14.9 Å². The van der Waals surface area contributed by atoms with Crippen LogP contribution in [0.25, 0.3) is 0 Å². The number of nitrogens with one attached hydrogen (secondary N) is 2. The molecule has 0 bridgehead atoms. The molecule has 19 heavy (non-hydrogen) atoms. The predicted molar refractivity (Wildman–Crippen MR) is 68.5 cm³/mol. The molecule has 2 rings (SSSR count). The molecule has 0 radical (unpaired) electrons. The van der Waals surface area contributed by atoms with Crippen molar-refractivity contribution in [2.75, 3.05) is 11.5 Å². The highest BCUT2D eigenvalue weighted by Gasteiger charge is 2.42. The lowest BCUT2D eigenvalue weighted by Gasteiger charge is -2.23. The first-order valence-corrected chi connectivity index (χ1v) is 8.95. The van der Waals surface area contributed by atoms with Crippen molar-refractivity contribution in [2.24, 2.45) is 5.73 Å². The second-order valence-electron chi connectivity index (χ2n) is 4.94. The molecule has 10 heteroatoms. The van der Waals surface area contributed by atoms with Crippen molar-refractivity contribution < 1.29 is 16.8 Å². The quantitative estimate of drug-likeness (QED) is 0.634. The summed E-state index contributed by atoms with van der Waals surface area (Å²) < 4.78 is 49.8. The first kappa shape index (κ1) is 14.4. The third kappa shape index (κ3) is 2.96. The fraction of sp³-hybridized carbons (Fsp3) is 0.667. The Labute approximate surface area is 111 Å². The van der Waals surface area contributed by atoms with E-state index in [4.69, 9.17) is 5.73 Å². The molecule has 1 aliphatic rings. The number of sulfone groups is 1. The van der Waals surface area contributed by atoms with Crippen LogP contribution >= 0.6 is 0 Å². The van der Waals surface area contributed by atoms with Gasteiger partial charge < -0.3 is 5.73 Å². The van der Waals surface area contributed by atoms with E-state index in [0.29, 0.717) is 5.56 Å². The molecule has 1 saturated heterocycles. The SMILES string of the molecule is CC1(NS(=O)(=O)c2[nH]ncc2CN)CCS(=O)(=O)C1. The van der Waals surface area contributed by atoms with E-state index in [9.17, 15) is 16.8 Å². The van der Waals surface area contributed by atoms with Gasteiger partial charge in [-0.05, 0) is 13.3 Å². The monoisotopic (exact) mass is 308 g/mol. The molecule has 1 fully saturated rings. The highest BCUT2D eigenvalue weighted by molar-refractivity contribution is 7.92. The number of hydrogen-bond donors (Lipinski definition) is 3. The van der Waals surface area contributed by atoms with Gasteiger partial charge in [0.05, 0.1) is 17.7 Å². The maximum Gasteiger partial charge on any atom is 0.258 e. The van der Waals surface area contributed by atoms with Crippen LogP contribution in [0.4, 0.5) is 0 Å². The zero-order valence-electron chi connectivity index (χ0n) is 10.4. The number of nitrogens with two attached hydrogens (primary N) is 1. The molecule has 1 aromatic heterocycles. The number of hydrogen-bond acceptors (Lipinski definition) is 6. The number of sulfonamides is 1. The van der Waals surface area contributed by atoms with Crippen LogP contribution in [0.2, 0.25) is 0 Å². The molecule has 0 saturated carbocycles. The Kier molecular flexibility index (Phi) is 3.45. The highest BCUT2D eigenvalue weighted by Crippen LogP contribution is 2.25. The molecule has 0 spiro atoms. The summed E-state index contributed by atoms with van der Waals surface area (Å²) in [4.78, 5) is 0. The van der Waals surface area contributed by atoms with E-state index >= 15 is 0 Å². The van der Waals surface area contributed by atoms with E-state index in [1.807, 2.05) is 0 Å². The van der Waals surface area contributed by atoms with Gasteiger partial charge in [-0.15, -0.1) is 0 Å². The molecule has 1 aliphatic heterocycles. The molecule has 1 unspecified atom stereocenters. The van der Waals surface area contributed by atoms with Crippen molar-refractivity contribution in [1.82, 2.24) is 14.9 Å². The predicted octanol–water partition coefficient (Wildman–Crippen LogP) is -1.28. The maximum absolute atomic E-state index is 12.2. The largest absolute Gasteiger partial charge is 0.326 e. The summed E-state index contributed by atoms with van der Waals surface area (Å²) in [5.41, 5.74) is 4.79. The zero-order valence-corrected chi connectivity index (χ0v) is 12.0. The molecule has 2 heterocycles. The van der Waals surface area contributed by atoms with Crippen LogP contribution in [0.3, 0.4) is 0 Å². The fourth-order valence-electron chi connectivity index (χ4n) is 2.14. The Bertz CT molecular complexity index is 679. The summed E-state index contributed by atoms with van der Waals surface area (Å²) in [5.74, 6) is -0.218. The minimum absolute atomic E-state index is 0.0151. The minimum Gasteiger partial charge on any atom is -0.326 e. The van der Waals surface area contributed by atoms with Crippen molar-refractivity contribution in [1.29, 1.82) is 0 Å². The van der Waals surface area contributed by atoms with Gasteiger partial charge in [-0.2, -0.15) is 5.10 Å². The van der Waals surface area contributed by atoms with Gasteiger partial charge in [0.25, 0.3) is 10.0 Å². The van der Waals surface area contributed by atoms with Crippen molar-refractivity contribution in [3.63, 3.8) is 0 Å². The summed E-state index contributed by atoms with van der Waals surface area (Å²) in [6.45, 7) is 1.61. The third-order valence-corrected chi connectivity index (χ3v) is 6.61. The summed E-state index contributed by atoms with van der Waals surface area (Å²) in [6, 6.07) is 0. The van der Waals surface area contributed by atoms with Gasteiger partial charge >= 0.3 is 0 Å². The van der Waals surface area contributed by atoms with Gasteiger partial charge in [0.1, 0.15) is 0 Å². The van der Waals surface area contributed by atoms with E-state index in [0.717, 1.165) is 0 Å². The van der Waals surface area contributed by atoms with Crippen LogP contribution in [0.1, 0.15) is 18.9 Å². The molecule has 8 nitrogen and oxygen atoms in total. The normalized spacial score (nSPS) is 26.6. The number of nitrogens with zero attached hydrogens (tertiary/aromatic N) is 1. The van der Waals surface area contributed by atoms with Crippen molar-refractivity contribution in [3.8, 4) is 0 Å². The first-order chi connectivity index (χ1) is 8.68. The van der Waals surface area contributed by atoms with E-state index in [2.05, 4.69) is 14.9 Å². The lowest BCUT2D eigenvalue weighted by atomic mass is 10.0. The third-order valence-electron chi connectivity index (χ3n) is 3.05. The van der Waals surface area contributed by atoms with Gasteiger partial charge in [0.2, 0.25) is 0 Å². The van der Waals surface area contributed by atoms with Crippen LogP contribution in [-0.2, 0) is 26.4 Å². The van der Waals surface area contributed by atoms with E-state index < -0.39 is 25.4 Å². The number of rotatable bonds is 4. The molecule has 1 atom stereocenters. The van der Waals surface area contributed by atoms with Crippen molar-refractivity contribution in [2.45, 2.75) is 30.5 Å². The molecule has 0 aromatic carbocycles. The van der Waals surface area contributed by atoms with Crippen molar-refractivity contribution in [3.05, 3.63) is 11.8 Å². The topological polar surface area (TPSA) is 135 Å². The molecule has 108 valence electrons. The van der Waals surface area contributed by atoms with Gasteiger partial charge in [-0.3, -0.25) is 5.10 Å². The van der Waals surface area contributed by atoms with Crippen molar-refractivity contribution >= 4 is 19.9 Å².